The molecule has 0 amide bonds. The summed E-state index contributed by atoms with van der Waals surface area (Å²) >= 11 is 5.61. The topological polar surface area (TPSA) is 109 Å². The highest BCUT2D eigenvalue weighted by molar-refractivity contribution is 6.29. The lowest BCUT2D eigenvalue weighted by atomic mass is 10.0. The molecule has 0 saturated heterocycles. The van der Waals surface area contributed by atoms with Crippen molar-refractivity contribution in [2.75, 3.05) is 0 Å². The summed E-state index contributed by atoms with van der Waals surface area (Å²) in [7, 11) is 0. The van der Waals surface area contributed by atoms with E-state index in [1.54, 1.807) is 13.8 Å². The van der Waals surface area contributed by atoms with E-state index in [2.05, 4.69) is 4.98 Å². The molecular formula is C14H12ClFN2O5. The van der Waals surface area contributed by atoms with E-state index in [1.165, 1.54) is 0 Å². The molecule has 1 atom stereocenters. The van der Waals surface area contributed by atoms with Gasteiger partial charge in [0.25, 0.3) is 0 Å². The zero-order chi connectivity index (χ0) is 17.5. The largest absolute Gasteiger partial charge is 0.480 e. The molecule has 2 rings (SSSR count). The number of nitrogens with zero attached hydrogens (tertiary/aromatic N) is 2. The van der Waals surface area contributed by atoms with Crippen LogP contribution in [0.3, 0.4) is 0 Å². The molecule has 0 aliphatic carbocycles. The van der Waals surface area contributed by atoms with Crippen LogP contribution in [0.2, 0.25) is 5.15 Å². The van der Waals surface area contributed by atoms with Crippen LogP contribution in [0.4, 0.5) is 4.39 Å². The minimum Gasteiger partial charge on any atom is -0.480 e. The van der Waals surface area contributed by atoms with E-state index in [1.807, 2.05) is 0 Å². The second-order valence-corrected chi connectivity index (χ2v) is 5.60. The molecular weight excluding hydrogens is 331 g/mol. The Balaban J connectivity index is 3.00. The van der Waals surface area contributed by atoms with Gasteiger partial charge in [0.05, 0.1) is 5.39 Å². The van der Waals surface area contributed by atoms with Gasteiger partial charge in [-0.3, -0.25) is 4.79 Å². The van der Waals surface area contributed by atoms with Gasteiger partial charge >= 0.3 is 11.9 Å². The van der Waals surface area contributed by atoms with E-state index < -0.39 is 45.9 Å². The molecule has 2 N–H and O–H groups in total. The Bertz CT molecular complexity index is 878. The molecule has 1 unspecified atom stereocenters. The number of pyridine rings is 2. The summed E-state index contributed by atoms with van der Waals surface area (Å²) in [4.78, 5) is 38.6. The molecule has 0 radical (unpaired) electrons. The van der Waals surface area contributed by atoms with Crippen molar-refractivity contribution in [2.24, 2.45) is 5.92 Å². The summed E-state index contributed by atoms with van der Waals surface area (Å²) < 4.78 is 14.6. The Morgan fingerprint density at radius 2 is 1.96 bits per heavy atom. The highest BCUT2D eigenvalue weighted by Crippen LogP contribution is 2.25. The number of aromatic carboxylic acids is 1. The molecule has 2 heterocycles. The summed E-state index contributed by atoms with van der Waals surface area (Å²) in [5.41, 5.74) is -1.82. The Hall–Kier alpha value is -2.48. The van der Waals surface area contributed by atoms with Crippen molar-refractivity contribution in [1.29, 1.82) is 0 Å². The quantitative estimate of drug-likeness (QED) is 0.824. The summed E-state index contributed by atoms with van der Waals surface area (Å²) in [6, 6.07) is -0.444. The van der Waals surface area contributed by atoms with E-state index in [-0.39, 0.29) is 11.0 Å². The van der Waals surface area contributed by atoms with Crippen molar-refractivity contribution < 1.29 is 24.2 Å². The third-order valence-corrected chi connectivity index (χ3v) is 3.59. The summed E-state index contributed by atoms with van der Waals surface area (Å²) in [6.45, 7) is 3.21. The van der Waals surface area contributed by atoms with E-state index in [0.29, 0.717) is 0 Å². The van der Waals surface area contributed by atoms with Crippen molar-refractivity contribution in [2.45, 2.75) is 19.9 Å². The number of hydrogen-bond acceptors (Lipinski definition) is 4. The van der Waals surface area contributed by atoms with Crippen molar-refractivity contribution in [1.82, 2.24) is 9.55 Å². The Kier molecular flexibility index (Phi) is 4.37. The summed E-state index contributed by atoms with van der Waals surface area (Å²) in [5.74, 6) is -4.25. The monoisotopic (exact) mass is 342 g/mol. The normalized spacial score (nSPS) is 12.6. The lowest BCUT2D eigenvalue weighted by Crippen LogP contribution is -2.28. The van der Waals surface area contributed by atoms with Crippen LogP contribution in [0.25, 0.3) is 11.0 Å². The van der Waals surface area contributed by atoms with Crippen molar-refractivity contribution >= 4 is 34.6 Å². The van der Waals surface area contributed by atoms with Crippen molar-refractivity contribution in [3.63, 3.8) is 0 Å². The first-order valence-electron chi connectivity index (χ1n) is 6.52. The summed E-state index contributed by atoms with van der Waals surface area (Å²) in [5, 5.41) is 17.6. The van der Waals surface area contributed by atoms with E-state index in [9.17, 15) is 23.9 Å². The van der Waals surface area contributed by atoms with Gasteiger partial charge < -0.3 is 14.8 Å². The molecule has 0 aliphatic heterocycles. The smallest absolute Gasteiger partial charge is 0.341 e. The number of hydrogen-bond donors (Lipinski definition) is 2. The van der Waals surface area contributed by atoms with E-state index in [0.717, 1.165) is 16.8 Å². The lowest BCUT2D eigenvalue weighted by Gasteiger charge is -2.22. The van der Waals surface area contributed by atoms with Crippen LogP contribution >= 0.6 is 11.6 Å². The van der Waals surface area contributed by atoms with Crippen LogP contribution in [0.15, 0.2) is 17.1 Å². The zero-order valence-electron chi connectivity index (χ0n) is 12.1. The van der Waals surface area contributed by atoms with Crippen LogP contribution in [0, 0.1) is 11.7 Å². The van der Waals surface area contributed by atoms with Crippen LogP contribution < -0.4 is 5.43 Å². The van der Waals surface area contributed by atoms with Crippen LogP contribution in [0.5, 0.6) is 0 Å². The van der Waals surface area contributed by atoms with Gasteiger partial charge in [-0.2, -0.15) is 0 Å². The molecule has 122 valence electrons. The minimum atomic E-state index is -1.55. The molecule has 0 aliphatic rings. The van der Waals surface area contributed by atoms with E-state index >= 15 is 0 Å². The van der Waals surface area contributed by atoms with Gasteiger partial charge in [-0.05, 0) is 12.0 Å². The molecule has 2 aromatic heterocycles. The Morgan fingerprint density at radius 3 is 2.43 bits per heavy atom. The standard InChI is InChI=1S/C14H12ClFN2O5/c1-5(2)9(14(22)23)18-4-7(13(20)21)10(19)6-3-8(16)11(15)17-12(6)18/h3-5,9H,1-2H3,(H,20,21)(H,22,23). The number of aliphatic carboxylic acids is 1. The van der Waals surface area contributed by atoms with Crippen molar-refractivity contribution in [3.8, 4) is 0 Å². The molecule has 2 aromatic rings. The molecule has 23 heavy (non-hydrogen) atoms. The average molecular weight is 343 g/mol. The molecule has 9 heteroatoms. The number of aromatic nitrogens is 2. The average Bonchev–Trinajstić information content (AvgIpc) is 2.42. The summed E-state index contributed by atoms with van der Waals surface area (Å²) in [6.07, 6.45) is 0.896. The van der Waals surface area contributed by atoms with Gasteiger partial charge in [-0.15, -0.1) is 0 Å². The fourth-order valence-corrected chi connectivity index (χ4v) is 2.45. The zero-order valence-corrected chi connectivity index (χ0v) is 12.8. The lowest BCUT2D eigenvalue weighted by molar-refractivity contribution is -0.142. The third kappa shape index (κ3) is 2.89. The number of carboxylic acid groups (broad SMARTS) is 2. The van der Waals surface area contributed by atoms with Gasteiger partial charge in [0.1, 0.15) is 17.3 Å². The highest BCUT2D eigenvalue weighted by atomic mass is 35.5. The van der Waals surface area contributed by atoms with Crippen LogP contribution in [-0.4, -0.2) is 31.7 Å². The van der Waals surface area contributed by atoms with Gasteiger partial charge in [0.2, 0.25) is 5.43 Å². The number of carbonyl (C=O) groups is 2. The SMILES string of the molecule is CC(C)C(C(=O)O)n1cc(C(=O)O)c(=O)c2cc(F)c(Cl)nc21. The maximum absolute atomic E-state index is 13.6. The maximum Gasteiger partial charge on any atom is 0.341 e. The van der Waals surface area contributed by atoms with Gasteiger partial charge in [-0.25, -0.2) is 19.0 Å². The molecule has 7 nitrogen and oxygen atoms in total. The van der Waals surface area contributed by atoms with Crippen molar-refractivity contribution in [3.05, 3.63) is 39.0 Å². The first kappa shape index (κ1) is 16.9. The molecule has 0 fully saturated rings. The number of carboxylic acids is 2. The predicted molar refractivity (Wildman–Crippen MR) is 79.4 cm³/mol. The Morgan fingerprint density at radius 1 is 1.35 bits per heavy atom. The number of fused-ring (bicyclic) bond motifs is 1. The predicted octanol–water partition coefficient (Wildman–Crippen LogP) is 2.17. The van der Waals surface area contributed by atoms with Gasteiger partial charge in [0.15, 0.2) is 11.0 Å². The van der Waals surface area contributed by atoms with Gasteiger partial charge in [-0.1, -0.05) is 25.4 Å². The van der Waals surface area contributed by atoms with Crippen LogP contribution in [0.1, 0.15) is 30.2 Å². The third-order valence-electron chi connectivity index (χ3n) is 3.33. The minimum absolute atomic E-state index is 0.187. The molecule has 0 aromatic carbocycles. The highest BCUT2D eigenvalue weighted by Gasteiger charge is 2.28. The second kappa shape index (κ2) is 5.96. The Labute approximate surface area is 133 Å². The van der Waals surface area contributed by atoms with E-state index in [4.69, 9.17) is 16.7 Å². The first-order chi connectivity index (χ1) is 10.6. The first-order valence-corrected chi connectivity index (χ1v) is 6.90. The maximum atomic E-state index is 13.6. The molecule has 0 spiro atoms. The number of rotatable bonds is 4. The molecule has 0 bridgehead atoms. The second-order valence-electron chi connectivity index (χ2n) is 5.24. The number of halogens is 2. The van der Waals surface area contributed by atoms with Crippen LogP contribution in [-0.2, 0) is 4.79 Å². The molecule has 0 saturated carbocycles. The fraction of sp³-hybridized carbons (Fsp3) is 0.286. The van der Waals surface area contributed by atoms with Gasteiger partial charge in [0, 0.05) is 6.20 Å². The fourth-order valence-electron chi connectivity index (χ4n) is 2.32.